The summed E-state index contributed by atoms with van der Waals surface area (Å²) in [5.74, 6) is -14.9. The van der Waals surface area contributed by atoms with Crippen LogP contribution in [0.25, 0.3) is 11.1 Å². The van der Waals surface area contributed by atoms with E-state index < -0.39 is 242 Å². The van der Waals surface area contributed by atoms with Gasteiger partial charge in [0.05, 0.1) is 61.4 Å². The molecule has 0 bridgehead atoms. The number of aromatic hydroxyl groups is 2. The fourth-order valence-electron chi connectivity index (χ4n) is 15.9. The van der Waals surface area contributed by atoms with E-state index in [0.29, 0.717) is 25.7 Å². The number of likely N-dealkylation sites (tertiary alicyclic amines) is 1. The van der Waals surface area contributed by atoms with Crippen molar-refractivity contribution in [1.29, 1.82) is 0 Å². The van der Waals surface area contributed by atoms with Gasteiger partial charge in [0, 0.05) is 74.1 Å². The van der Waals surface area contributed by atoms with Gasteiger partial charge in [-0.25, -0.2) is 0 Å². The van der Waals surface area contributed by atoms with Crippen LogP contribution in [-0.4, -0.2) is 241 Å². The third-order valence-corrected chi connectivity index (χ3v) is 21.9. The zero-order chi connectivity index (χ0) is 82.0. The average molecular weight is 1570 g/mol. The number of nitrogens with two attached hydrogens (primary N) is 1. The molecule has 17 N–H and O–H groups in total. The lowest BCUT2D eigenvalue weighted by Gasteiger charge is -2.43. The van der Waals surface area contributed by atoms with Gasteiger partial charge in [0.25, 0.3) is 0 Å². The van der Waals surface area contributed by atoms with Crippen molar-refractivity contribution in [2.75, 3.05) is 40.1 Å². The minimum absolute atomic E-state index is 0.0273. The summed E-state index contributed by atoms with van der Waals surface area (Å²) in [6, 6.07) is 7.63. The van der Waals surface area contributed by atoms with Gasteiger partial charge in [-0.1, -0.05) is 93.8 Å². The van der Waals surface area contributed by atoms with Crippen molar-refractivity contribution in [2.24, 2.45) is 17.6 Å². The number of aliphatic hydroxyl groups excluding tert-OH is 5. The first kappa shape index (κ1) is 85.1. The molecule has 0 aromatic heterocycles. The number of fused-ring (bicyclic) bond motifs is 6. The molecule has 4 aromatic carbocycles. The number of β-amino-alcohol motifs (C(OH)–C–C–N with tert-alkyl or cyclic N) is 1. The predicted molar refractivity (Wildman–Crippen MR) is 396 cm³/mol. The number of hydrogen-bond donors (Lipinski definition) is 16. The molecule has 2 saturated heterocycles. The lowest BCUT2D eigenvalue weighted by atomic mass is 9.72. The molecule has 6 aliphatic rings. The van der Waals surface area contributed by atoms with E-state index in [1.807, 2.05) is 48.5 Å². The highest BCUT2D eigenvalue weighted by Gasteiger charge is 2.52. The Kier molecular flexibility index (Phi) is 27.9. The molecular weight excluding hydrogens is 1470 g/mol. The van der Waals surface area contributed by atoms with E-state index in [1.54, 1.807) is 13.8 Å². The Morgan fingerprint density at radius 3 is 1.90 bits per heavy atom. The minimum atomic E-state index is -2.52. The number of carbonyl (C=O) groups is 13. The van der Waals surface area contributed by atoms with E-state index >= 15 is 0 Å². The molecule has 4 aromatic rings. The van der Waals surface area contributed by atoms with Crippen LogP contribution in [0.5, 0.6) is 17.2 Å². The van der Waals surface area contributed by atoms with E-state index in [2.05, 4.69) is 37.2 Å². The summed E-state index contributed by atoms with van der Waals surface area (Å²) < 4.78 is 23.4. The highest BCUT2D eigenvalue weighted by molar-refractivity contribution is 6.31. The Morgan fingerprint density at radius 2 is 1.27 bits per heavy atom. The van der Waals surface area contributed by atoms with Crippen LogP contribution in [0.3, 0.4) is 0 Å². The molecule has 113 heavy (non-hydrogen) atoms. The van der Waals surface area contributed by atoms with E-state index in [9.17, 15) is 103 Å². The second-order valence-electron chi connectivity index (χ2n) is 30.2. The second kappa shape index (κ2) is 37.1. The van der Waals surface area contributed by atoms with E-state index in [1.165, 1.54) is 39.2 Å². The Balaban J connectivity index is 0.748. The molecule has 10 rings (SSSR count). The van der Waals surface area contributed by atoms with Gasteiger partial charge < -0.3 is 108 Å². The number of hydrogen-bond acceptors (Lipinski definition) is 25. The molecule has 34 nitrogen and oxygen atoms in total. The van der Waals surface area contributed by atoms with Gasteiger partial charge >= 0.3 is 5.97 Å². The summed E-state index contributed by atoms with van der Waals surface area (Å²) in [7, 11) is 1.25. The Bertz CT molecular complexity index is 4270. The molecule has 2 aliphatic heterocycles. The van der Waals surface area contributed by atoms with Gasteiger partial charge in [-0.3, -0.25) is 62.3 Å². The smallest absolute Gasteiger partial charge is 0.305 e. The third kappa shape index (κ3) is 19.1. The first-order valence-corrected chi connectivity index (χ1v) is 38.0. The number of primary amides is 1. The van der Waals surface area contributed by atoms with Crippen molar-refractivity contribution in [3.8, 4) is 28.4 Å². The van der Waals surface area contributed by atoms with Crippen LogP contribution in [0, 0.1) is 11.8 Å². The zero-order valence-electron chi connectivity index (χ0n) is 63.3. The Hall–Kier alpha value is -10.3. The molecule has 9 amide bonds. The van der Waals surface area contributed by atoms with Gasteiger partial charge in [0.2, 0.25) is 58.9 Å². The van der Waals surface area contributed by atoms with Gasteiger partial charge in [0.1, 0.15) is 84.5 Å². The molecule has 14 atom stereocenters. The number of carbonyl (C=O) groups excluding carboxylic acids is 13. The number of rotatable bonds is 33. The number of nitrogens with zero attached hydrogens (tertiary/aromatic N) is 1. The molecule has 610 valence electrons. The van der Waals surface area contributed by atoms with Crippen molar-refractivity contribution >= 4 is 76.5 Å². The van der Waals surface area contributed by atoms with E-state index in [-0.39, 0.29) is 85.1 Å². The summed E-state index contributed by atoms with van der Waals surface area (Å²) in [5, 5.41) is 107. The molecule has 11 unspecified atom stereocenters. The van der Waals surface area contributed by atoms with Gasteiger partial charge in [-0.2, -0.15) is 0 Å². The van der Waals surface area contributed by atoms with Crippen molar-refractivity contribution < 1.29 is 122 Å². The first-order chi connectivity index (χ1) is 53.8. The zero-order valence-corrected chi connectivity index (χ0v) is 63.3. The Labute approximate surface area is 649 Å². The first-order valence-electron chi connectivity index (χ1n) is 38.0. The van der Waals surface area contributed by atoms with Crippen molar-refractivity contribution in [2.45, 2.75) is 215 Å². The standard InChI is InChI=1S/C79H99N9O25/c1-37(2)27-51(74(104)83-50-29-61(112-39(4)67(50)97)113-56-31-79(109,57(93)35-91)30-47-63(56)71(101)65-64(69(47)99)68(98)46-21-13-22-55(110-5)62(46)70(65)100)84-75(105)52(33-89)86-73(103)49(25-26-58(80)94)82-78(108)66(40-15-7-6-8-16-40)87-76(106)53(34-90)85-72(102)38(3)81-77(107)54-28-41(92)32-88(54)59(95)23-14-24-60(96)111-36-48-44-19-11-9-17-42(44)43-18-10-12-20-45(43)48/h9-13,17-22,37-41,48-54,56,61,66-67,89-92,97,99,101,109H,6-8,14-16,23-36H2,1-5H3,(H2,80,94)(H,81,107)(H,82,108)(H,83,104)(H,84,105)(H,85,102)(H,86,103)(H,87,106)/t38?,39?,41?,49-,50?,51-,52?,53?,54?,56?,61?,66?,67?,79-/m0/s1. The maximum atomic E-state index is 14.6. The van der Waals surface area contributed by atoms with Gasteiger partial charge in [-0.05, 0) is 86.1 Å². The summed E-state index contributed by atoms with van der Waals surface area (Å²) >= 11 is 0. The molecule has 0 radical (unpaired) electrons. The molecule has 1 saturated carbocycles. The van der Waals surface area contributed by atoms with E-state index in [0.717, 1.165) is 33.6 Å². The maximum Gasteiger partial charge on any atom is 0.305 e. The number of methoxy groups -OCH3 is 1. The fourth-order valence-corrected chi connectivity index (χ4v) is 15.9. The normalized spacial score (nSPS) is 22.7. The molecular formula is C79H99N9O25. The van der Waals surface area contributed by atoms with Gasteiger partial charge in [0.15, 0.2) is 17.9 Å². The number of nitrogens with one attached hydrogen (secondary N) is 7. The number of benzene rings is 4. The van der Waals surface area contributed by atoms with Crippen LogP contribution in [0.15, 0.2) is 66.7 Å². The summed E-state index contributed by atoms with van der Waals surface area (Å²) in [6.45, 7) is 2.61. The minimum Gasteiger partial charge on any atom is -0.507 e. The molecule has 2 heterocycles. The molecule has 0 spiro atoms. The lowest BCUT2D eigenvalue weighted by molar-refractivity contribution is -0.249. The predicted octanol–water partition coefficient (Wildman–Crippen LogP) is -0.548. The highest BCUT2D eigenvalue weighted by atomic mass is 16.7. The molecule has 4 aliphatic carbocycles. The highest BCUT2D eigenvalue weighted by Crippen LogP contribution is 2.53. The average Bonchev–Trinajstić information content (AvgIpc) is 1.11. The van der Waals surface area contributed by atoms with Crippen LogP contribution in [0.4, 0.5) is 0 Å². The van der Waals surface area contributed by atoms with Crippen molar-refractivity contribution in [3.05, 3.63) is 111 Å². The number of ether oxygens (including phenoxy) is 4. The van der Waals surface area contributed by atoms with Crippen LogP contribution in [0.1, 0.15) is 184 Å². The number of ketones is 3. The second-order valence-corrected chi connectivity index (χ2v) is 30.2. The summed E-state index contributed by atoms with van der Waals surface area (Å²) in [6.07, 6.45) is -7.73. The monoisotopic (exact) mass is 1570 g/mol. The number of esters is 1. The van der Waals surface area contributed by atoms with Crippen molar-refractivity contribution in [1.82, 2.24) is 42.1 Å². The quantitative estimate of drug-likeness (QED) is 0.0185. The van der Waals surface area contributed by atoms with Crippen LogP contribution in [-0.2, 0) is 73.4 Å². The maximum absolute atomic E-state index is 14.6. The largest absolute Gasteiger partial charge is 0.507 e. The summed E-state index contributed by atoms with van der Waals surface area (Å²) in [5.41, 5.74) is 4.79. The molecule has 34 heteroatoms. The van der Waals surface area contributed by atoms with Crippen LogP contribution >= 0.6 is 0 Å². The SMILES string of the molecule is COc1cccc2c1C(=O)c1c(O)c3c(c(O)c1C2=O)C[C@@](O)(C(=O)CO)CC3OC1CC(NC(=O)[C@H](CC(C)C)NC(=O)C(CO)NC(=O)[C@H](CCC(N)=O)NC(=O)C(NC(=O)C(CO)NC(=O)C(C)NC(=O)C2CC(O)CN2C(=O)CCCC(=O)OCC2c3ccccc3-c3ccccc32)C2CCCCC2)C(O)C(C)O1. The number of aliphatic hydroxyl groups is 6. The topological polar surface area (TPSA) is 534 Å². The van der Waals surface area contributed by atoms with Gasteiger partial charge in [-0.15, -0.1) is 0 Å². The Morgan fingerprint density at radius 1 is 0.673 bits per heavy atom. The van der Waals surface area contributed by atoms with Crippen LogP contribution < -0.4 is 47.7 Å². The number of amides is 9. The number of phenols is 2. The van der Waals surface area contributed by atoms with Crippen molar-refractivity contribution in [3.63, 3.8) is 0 Å². The third-order valence-electron chi connectivity index (χ3n) is 21.9. The summed E-state index contributed by atoms with van der Waals surface area (Å²) in [4.78, 5) is 181. The number of Topliss-reactive ketones (excluding diaryl/α,β-unsaturated/α-hetero) is 1. The number of phenolic OH excluding ortho intramolecular Hbond substituents is 2. The van der Waals surface area contributed by atoms with E-state index in [4.69, 9.17) is 24.7 Å². The fraction of sp³-hybridized carbons (Fsp3) is 0.532. The lowest BCUT2D eigenvalue weighted by Crippen LogP contribution is -2.62. The molecule has 3 fully saturated rings. The van der Waals surface area contributed by atoms with Crippen LogP contribution in [0.2, 0.25) is 0 Å².